The van der Waals surface area contributed by atoms with Gasteiger partial charge in [-0.1, -0.05) is 115 Å². The predicted octanol–water partition coefficient (Wildman–Crippen LogP) is 10.6. The maximum atomic E-state index is 11.9. The molecule has 0 aromatic carbocycles. The van der Waals surface area contributed by atoms with Crippen LogP contribution < -0.4 is 0 Å². The molecule has 1 atom stereocenters. The van der Waals surface area contributed by atoms with Crippen LogP contribution in [0.4, 0.5) is 0 Å². The Morgan fingerprint density at radius 2 is 1.08 bits per heavy atom. The molecule has 3 nitrogen and oxygen atoms in total. The van der Waals surface area contributed by atoms with Crippen LogP contribution in [0, 0.1) is 0 Å². The van der Waals surface area contributed by atoms with Crippen LogP contribution >= 0.6 is 0 Å². The number of hydrogen-bond acceptors (Lipinski definition) is 3. The molecule has 3 heteroatoms. The van der Waals surface area contributed by atoms with Gasteiger partial charge in [0.15, 0.2) is 0 Å². The Kier molecular flexibility index (Phi) is 28.6. The van der Waals surface area contributed by atoms with Crippen LogP contribution in [0.5, 0.6) is 0 Å². The summed E-state index contributed by atoms with van der Waals surface area (Å²) in [5, 5.41) is 0. The quantitative estimate of drug-likeness (QED) is 0.0585. The first-order valence-corrected chi connectivity index (χ1v) is 16.2. The fourth-order valence-corrected chi connectivity index (χ4v) is 4.75. The Labute approximate surface area is 232 Å². The van der Waals surface area contributed by atoms with Crippen molar-refractivity contribution in [2.75, 3.05) is 20.6 Å². The van der Waals surface area contributed by atoms with E-state index in [2.05, 4.69) is 50.2 Å². The predicted molar refractivity (Wildman–Crippen MR) is 164 cm³/mol. The van der Waals surface area contributed by atoms with Crippen molar-refractivity contribution in [1.29, 1.82) is 0 Å². The summed E-state index contributed by atoms with van der Waals surface area (Å²) >= 11 is 0. The number of rotatable bonds is 28. The molecule has 0 aromatic heterocycles. The van der Waals surface area contributed by atoms with E-state index in [-0.39, 0.29) is 12.1 Å². The summed E-state index contributed by atoms with van der Waals surface area (Å²) in [7, 11) is 4.30. The Balaban J connectivity index is 3.68. The average Bonchev–Trinajstić information content (AvgIpc) is 2.88. The van der Waals surface area contributed by atoms with E-state index in [4.69, 9.17) is 4.74 Å². The standard InChI is InChI=1S/C34H65NO2/c1-5-7-8-9-10-11-12-13-14-15-16-17-18-19-21-24-27-30-33(37-34(36)6-2)31-28-25-22-20-23-26-29-32-35(3)4/h10-11,13-14,33H,5-9,12,15-32H2,1-4H3/b11-10-,14-13-. The highest BCUT2D eigenvalue weighted by atomic mass is 16.5. The second-order valence-electron chi connectivity index (χ2n) is 11.3. The molecule has 0 saturated carbocycles. The summed E-state index contributed by atoms with van der Waals surface area (Å²) in [6.45, 7) is 5.37. The van der Waals surface area contributed by atoms with E-state index in [1.807, 2.05) is 6.92 Å². The van der Waals surface area contributed by atoms with Gasteiger partial charge in [-0.25, -0.2) is 0 Å². The van der Waals surface area contributed by atoms with Crippen molar-refractivity contribution in [3.05, 3.63) is 24.3 Å². The molecule has 0 spiro atoms. The molecular weight excluding hydrogens is 454 g/mol. The minimum atomic E-state index is -0.0251. The summed E-state index contributed by atoms with van der Waals surface area (Å²) in [5.74, 6) is -0.0251. The van der Waals surface area contributed by atoms with Gasteiger partial charge in [0.25, 0.3) is 0 Å². The van der Waals surface area contributed by atoms with Crippen LogP contribution in [0.2, 0.25) is 0 Å². The lowest BCUT2D eigenvalue weighted by atomic mass is 10.0. The third kappa shape index (κ3) is 29.3. The van der Waals surface area contributed by atoms with Gasteiger partial charge in [-0.2, -0.15) is 0 Å². The molecule has 218 valence electrons. The number of carbonyl (C=O) groups excluding carboxylic acids is 1. The third-order valence-corrected chi connectivity index (χ3v) is 7.19. The van der Waals surface area contributed by atoms with Gasteiger partial charge in [-0.05, 0) is 84.8 Å². The van der Waals surface area contributed by atoms with Crippen LogP contribution in [0.3, 0.4) is 0 Å². The highest BCUT2D eigenvalue weighted by Gasteiger charge is 2.13. The first-order chi connectivity index (χ1) is 18.1. The molecule has 0 aliphatic heterocycles. The lowest BCUT2D eigenvalue weighted by molar-refractivity contribution is -0.149. The van der Waals surface area contributed by atoms with E-state index in [9.17, 15) is 4.79 Å². The maximum Gasteiger partial charge on any atom is 0.305 e. The molecule has 0 saturated heterocycles. The van der Waals surface area contributed by atoms with Gasteiger partial charge in [-0.15, -0.1) is 0 Å². The van der Waals surface area contributed by atoms with Gasteiger partial charge in [-0.3, -0.25) is 4.79 Å². The monoisotopic (exact) mass is 520 g/mol. The molecule has 0 N–H and O–H groups in total. The molecule has 0 bridgehead atoms. The summed E-state index contributed by atoms with van der Waals surface area (Å²) in [6, 6.07) is 0. The van der Waals surface area contributed by atoms with Crippen molar-refractivity contribution in [2.45, 2.75) is 168 Å². The Hall–Kier alpha value is -1.09. The highest BCUT2D eigenvalue weighted by Crippen LogP contribution is 2.18. The molecule has 0 rings (SSSR count). The molecule has 1 unspecified atom stereocenters. The zero-order valence-electron chi connectivity index (χ0n) is 25.6. The lowest BCUT2D eigenvalue weighted by Gasteiger charge is -2.17. The number of hydrogen-bond donors (Lipinski definition) is 0. The topological polar surface area (TPSA) is 29.5 Å². The van der Waals surface area contributed by atoms with E-state index in [1.165, 1.54) is 129 Å². The van der Waals surface area contributed by atoms with E-state index in [1.54, 1.807) is 0 Å². The number of nitrogens with zero attached hydrogens (tertiary/aromatic N) is 1. The molecule has 0 fully saturated rings. The SMILES string of the molecule is CCCCC/C=C\C/C=C\CCCCCCCCCC(CCCCCCCCCN(C)C)OC(=O)CC. The first kappa shape index (κ1) is 35.9. The van der Waals surface area contributed by atoms with Crippen molar-refractivity contribution < 1.29 is 9.53 Å². The van der Waals surface area contributed by atoms with Gasteiger partial charge in [0.05, 0.1) is 0 Å². The van der Waals surface area contributed by atoms with Crippen molar-refractivity contribution in [3.8, 4) is 0 Å². The van der Waals surface area contributed by atoms with Gasteiger partial charge in [0, 0.05) is 6.42 Å². The number of carbonyl (C=O) groups is 1. The maximum absolute atomic E-state index is 11.9. The summed E-state index contributed by atoms with van der Waals surface area (Å²) < 4.78 is 5.76. The van der Waals surface area contributed by atoms with Crippen molar-refractivity contribution in [2.24, 2.45) is 0 Å². The van der Waals surface area contributed by atoms with Crippen LogP contribution in [-0.2, 0) is 9.53 Å². The molecule has 37 heavy (non-hydrogen) atoms. The smallest absolute Gasteiger partial charge is 0.305 e. The molecule has 0 aliphatic carbocycles. The summed E-state index contributed by atoms with van der Waals surface area (Å²) in [4.78, 5) is 14.1. The van der Waals surface area contributed by atoms with E-state index in [0.29, 0.717) is 6.42 Å². The van der Waals surface area contributed by atoms with Crippen molar-refractivity contribution in [1.82, 2.24) is 4.90 Å². The zero-order valence-corrected chi connectivity index (χ0v) is 25.6. The van der Waals surface area contributed by atoms with Gasteiger partial charge < -0.3 is 9.64 Å². The lowest BCUT2D eigenvalue weighted by Crippen LogP contribution is -2.17. The second kappa shape index (κ2) is 29.5. The largest absolute Gasteiger partial charge is 0.462 e. The fraction of sp³-hybridized carbons (Fsp3) is 0.853. The Morgan fingerprint density at radius 3 is 1.57 bits per heavy atom. The normalized spacial score (nSPS) is 12.8. The number of esters is 1. The fourth-order valence-electron chi connectivity index (χ4n) is 4.75. The average molecular weight is 520 g/mol. The minimum absolute atomic E-state index is 0.0251. The summed E-state index contributed by atoms with van der Waals surface area (Å²) in [5.41, 5.74) is 0. The van der Waals surface area contributed by atoms with E-state index >= 15 is 0 Å². The number of unbranched alkanes of at least 4 members (excludes halogenated alkanes) is 16. The molecule has 0 radical (unpaired) electrons. The van der Waals surface area contributed by atoms with E-state index < -0.39 is 0 Å². The molecular formula is C34H65NO2. The third-order valence-electron chi connectivity index (χ3n) is 7.19. The highest BCUT2D eigenvalue weighted by molar-refractivity contribution is 5.69. The molecule has 0 heterocycles. The second-order valence-corrected chi connectivity index (χ2v) is 11.3. The Morgan fingerprint density at radius 1 is 0.622 bits per heavy atom. The molecule has 0 aliphatic rings. The zero-order chi connectivity index (χ0) is 27.2. The van der Waals surface area contributed by atoms with Crippen LogP contribution in [-0.4, -0.2) is 37.6 Å². The van der Waals surface area contributed by atoms with Gasteiger partial charge in [0.1, 0.15) is 6.10 Å². The van der Waals surface area contributed by atoms with E-state index in [0.717, 1.165) is 19.3 Å². The van der Waals surface area contributed by atoms with Crippen molar-refractivity contribution in [3.63, 3.8) is 0 Å². The first-order valence-electron chi connectivity index (χ1n) is 16.2. The van der Waals surface area contributed by atoms with Crippen LogP contribution in [0.25, 0.3) is 0 Å². The molecule has 0 aromatic rings. The summed E-state index contributed by atoms with van der Waals surface area (Å²) in [6.07, 6.45) is 38.0. The van der Waals surface area contributed by atoms with Crippen molar-refractivity contribution >= 4 is 5.97 Å². The number of allylic oxidation sites excluding steroid dienone is 4. The molecule has 0 amide bonds. The Bertz CT molecular complexity index is 526. The minimum Gasteiger partial charge on any atom is -0.462 e. The van der Waals surface area contributed by atoms with Gasteiger partial charge in [0.2, 0.25) is 0 Å². The van der Waals surface area contributed by atoms with Gasteiger partial charge >= 0.3 is 5.97 Å². The van der Waals surface area contributed by atoms with Crippen LogP contribution in [0.15, 0.2) is 24.3 Å². The number of ether oxygens (including phenoxy) is 1. The van der Waals surface area contributed by atoms with Crippen LogP contribution in [0.1, 0.15) is 162 Å².